The molecule has 2 saturated heterocycles. The van der Waals surface area contributed by atoms with Gasteiger partial charge >= 0.3 is 0 Å². The molecule has 0 aromatic heterocycles. The van der Waals surface area contributed by atoms with Gasteiger partial charge < -0.3 is 10.1 Å². The van der Waals surface area contributed by atoms with Crippen LogP contribution in [0.15, 0.2) is 0 Å². The van der Waals surface area contributed by atoms with Gasteiger partial charge in [0.25, 0.3) is 0 Å². The number of likely N-dealkylation sites (tertiary alicyclic amines) is 1. The van der Waals surface area contributed by atoms with E-state index in [2.05, 4.69) is 17.3 Å². The molecule has 98 valence electrons. The Morgan fingerprint density at radius 2 is 2.00 bits per heavy atom. The molecule has 0 amide bonds. The fourth-order valence-electron chi connectivity index (χ4n) is 4.14. The van der Waals surface area contributed by atoms with Crippen molar-refractivity contribution in [2.75, 3.05) is 26.7 Å². The molecule has 0 aromatic rings. The molecule has 3 heteroatoms. The lowest BCUT2D eigenvalue weighted by Crippen LogP contribution is -2.56. The van der Waals surface area contributed by atoms with Gasteiger partial charge in [0.05, 0.1) is 5.60 Å². The number of nitrogens with zero attached hydrogens (tertiary/aromatic N) is 1. The average molecular weight is 238 g/mol. The molecule has 0 radical (unpaired) electrons. The van der Waals surface area contributed by atoms with E-state index >= 15 is 0 Å². The van der Waals surface area contributed by atoms with E-state index in [0.29, 0.717) is 12.1 Å². The third kappa shape index (κ3) is 2.25. The van der Waals surface area contributed by atoms with Gasteiger partial charge in [-0.3, -0.25) is 4.90 Å². The molecular weight excluding hydrogens is 212 g/mol. The van der Waals surface area contributed by atoms with Gasteiger partial charge in [-0.15, -0.1) is 0 Å². The Morgan fingerprint density at radius 3 is 2.65 bits per heavy atom. The van der Waals surface area contributed by atoms with Gasteiger partial charge in [0.1, 0.15) is 0 Å². The lowest BCUT2D eigenvalue weighted by Gasteiger charge is -2.45. The molecular formula is C14H26N2O. The van der Waals surface area contributed by atoms with Gasteiger partial charge in [-0.25, -0.2) is 0 Å². The average Bonchev–Trinajstić information content (AvgIpc) is 3.00. The minimum atomic E-state index is 0.251. The minimum Gasteiger partial charge on any atom is -0.375 e. The first-order valence-electron chi connectivity index (χ1n) is 7.38. The standard InChI is InChI=1S/C14H26N2O/c1-15-12-5-7-14(6-4-10-17-14)11-13(12)16-8-2-3-9-16/h12-13,15H,2-11H2,1H3/t12-,13-,14-/m1/s1. The second kappa shape index (κ2) is 4.87. The molecule has 1 aliphatic carbocycles. The van der Waals surface area contributed by atoms with E-state index in [0.717, 1.165) is 6.61 Å². The maximum atomic E-state index is 6.11. The molecule has 3 nitrogen and oxygen atoms in total. The molecule has 0 unspecified atom stereocenters. The van der Waals surface area contributed by atoms with Crippen molar-refractivity contribution in [1.29, 1.82) is 0 Å². The van der Waals surface area contributed by atoms with Crippen LogP contribution in [0.5, 0.6) is 0 Å². The van der Waals surface area contributed by atoms with E-state index in [1.165, 1.54) is 58.0 Å². The topological polar surface area (TPSA) is 24.5 Å². The molecule has 1 spiro atoms. The second-order valence-electron chi connectivity index (χ2n) is 6.08. The summed E-state index contributed by atoms with van der Waals surface area (Å²) in [5.74, 6) is 0. The summed E-state index contributed by atoms with van der Waals surface area (Å²) in [5.41, 5.74) is 0.251. The van der Waals surface area contributed by atoms with Crippen molar-refractivity contribution in [2.45, 2.75) is 62.6 Å². The lowest BCUT2D eigenvalue weighted by molar-refractivity contribution is -0.0567. The fourth-order valence-corrected chi connectivity index (χ4v) is 4.14. The molecule has 3 aliphatic rings. The Balaban J connectivity index is 1.72. The fraction of sp³-hybridized carbons (Fsp3) is 1.00. The Kier molecular flexibility index (Phi) is 3.42. The van der Waals surface area contributed by atoms with Crippen molar-refractivity contribution in [3.8, 4) is 0 Å². The van der Waals surface area contributed by atoms with E-state index in [1.807, 2.05) is 0 Å². The predicted molar refractivity (Wildman–Crippen MR) is 69.2 cm³/mol. The molecule has 0 aromatic carbocycles. The Hall–Kier alpha value is -0.120. The minimum absolute atomic E-state index is 0.251. The van der Waals surface area contributed by atoms with Crippen LogP contribution in [0.2, 0.25) is 0 Å². The Bertz CT molecular complexity index is 255. The number of likely N-dealkylation sites (N-methyl/N-ethyl adjacent to an activating group) is 1. The third-order valence-corrected chi connectivity index (χ3v) is 5.12. The summed E-state index contributed by atoms with van der Waals surface area (Å²) >= 11 is 0. The highest BCUT2D eigenvalue weighted by atomic mass is 16.5. The third-order valence-electron chi connectivity index (χ3n) is 5.12. The normalized spacial score (nSPS) is 43.6. The summed E-state index contributed by atoms with van der Waals surface area (Å²) in [6.07, 6.45) is 9.17. The summed E-state index contributed by atoms with van der Waals surface area (Å²) < 4.78 is 6.11. The van der Waals surface area contributed by atoms with Gasteiger partial charge in [0, 0.05) is 18.7 Å². The van der Waals surface area contributed by atoms with Crippen LogP contribution in [-0.2, 0) is 4.74 Å². The first-order valence-corrected chi connectivity index (χ1v) is 7.38. The molecule has 17 heavy (non-hydrogen) atoms. The van der Waals surface area contributed by atoms with Crippen molar-refractivity contribution in [1.82, 2.24) is 10.2 Å². The lowest BCUT2D eigenvalue weighted by atomic mass is 9.77. The van der Waals surface area contributed by atoms with Gasteiger partial charge in [-0.2, -0.15) is 0 Å². The van der Waals surface area contributed by atoms with Gasteiger partial charge in [0.15, 0.2) is 0 Å². The van der Waals surface area contributed by atoms with Crippen LogP contribution in [0.25, 0.3) is 0 Å². The zero-order valence-corrected chi connectivity index (χ0v) is 11.1. The van der Waals surface area contributed by atoms with E-state index < -0.39 is 0 Å². The van der Waals surface area contributed by atoms with Crippen LogP contribution in [0, 0.1) is 0 Å². The van der Waals surface area contributed by atoms with Gasteiger partial charge in [0.2, 0.25) is 0 Å². The monoisotopic (exact) mass is 238 g/mol. The quantitative estimate of drug-likeness (QED) is 0.793. The molecule has 1 N–H and O–H groups in total. The van der Waals surface area contributed by atoms with E-state index in [1.54, 1.807) is 0 Å². The highest BCUT2D eigenvalue weighted by molar-refractivity contribution is 5.00. The number of nitrogens with one attached hydrogen (secondary N) is 1. The first-order chi connectivity index (χ1) is 8.33. The molecule has 2 heterocycles. The van der Waals surface area contributed by atoms with Crippen molar-refractivity contribution in [3.05, 3.63) is 0 Å². The van der Waals surface area contributed by atoms with E-state index in [-0.39, 0.29) is 5.60 Å². The second-order valence-corrected chi connectivity index (χ2v) is 6.08. The predicted octanol–water partition coefficient (Wildman–Crippen LogP) is 1.77. The maximum absolute atomic E-state index is 6.11. The van der Waals surface area contributed by atoms with Crippen LogP contribution >= 0.6 is 0 Å². The van der Waals surface area contributed by atoms with Crippen LogP contribution in [-0.4, -0.2) is 49.3 Å². The van der Waals surface area contributed by atoms with Crippen LogP contribution < -0.4 is 5.32 Å². The molecule has 3 fully saturated rings. The maximum Gasteiger partial charge on any atom is 0.0699 e. The van der Waals surface area contributed by atoms with Gasteiger partial charge in [-0.1, -0.05) is 0 Å². The zero-order chi connectivity index (χ0) is 11.7. The molecule has 1 saturated carbocycles. The Labute approximate surface area is 105 Å². The summed E-state index contributed by atoms with van der Waals surface area (Å²) in [7, 11) is 2.13. The number of rotatable bonds is 2. The summed E-state index contributed by atoms with van der Waals surface area (Å²) in [4.78, 5) is 2.71. The molecule has 3 atom stereocenters. The number of ether oxygens (including phenoxy) is 1. The first kappa shape index (κ1) is 11.9. The van der Waals surface area contributed by atoms with Crippen molar-refractivity contribution in [3.63, 3.8) is 0 Å². The summed E-state index contributed by atoms with van der Waals surface area (Å²) in [6.45, 7) is 3.61. The molecule has 0 bridgehead atoms. The van der Waals surface area contributed by atoms with E-state index in [9.17, 15) is 0 Å². The number of hydrogen-bond acceptors (Lipinski definition) is 3. The smallest absolute Gasteiger partial charge is 0.0699 e. The Morgan fingerprint density at radius 1 is 1.18 bits per heavy atom. The van der Waals surface area contributed by atoms with Crippen LogP contribution in [0.3, 0.4) is 0 Å². The van der Waals surface area contributed by atoms with Crippen LogP contribution in [0.4, 0.5) is 0 Å². The van der Waals surface area contributed by atoms with Crippen molar-refractivity contribution in [2.24, 2.45) is 0 Å². The molecule has 2 aliphatic heterocycles. The number of hydrogen-bond donors (Lipinski definition) is 1. The molecule has 3 rings (SSSR count). The highest BCUT2D eigenvalue weighted by Crippen LogP contribution is 2.41. The van der Waals surface area contributed by atoms with Crippen molar-refractivity contribution >= 4 is 0 Å². The zero-order valence-electron chi connectivity index (χ0n) is 11.1. The summed E-state index contributed by atoms with van der Waals surface area (Å²) in [6, 6.07) is 1.40. The van der Waals surface area contributed by atoms with Crippen LogP contribution in [0.1, 0.15) is 44.9 Å². The highest BCUT2D eigenvalue weighted by Gasteiger charge is 2.45. The van der Waals surface area contributed by atoms with Crippen molar-refractivity contribution < 1.29 is 4.74 Å². The summed E-state index contributed by atoms with van der Waals surface area (Å²) in [5, 5.41) is 3.54. The largest absolute Gasteiger partial charge is 0.375 e. The van der Waals surface area contributed by atoms with E-state index in [4.69, 9.17) is 4.74 Å². The SMILES string of the molecule is CN[C@@H]1CC[C@]2(CCCO2)C[C@H]1N1CCCC1. The van der Waals surface area contributed by atoms with Gasteiger partial charge in [-0.05, 0) is 65.1 Å².